The third kappa shape index (κ3) is 4.94. The summed E-state index contributed by atoms with van der Waals surface area (Å²) in [6.07, 6.45) is 0. The maximum atomic E-state index is 14.0. The number of primary amides is 1. The van der Waals surface area contributed by atoms with E-state index < -0.39 is 27.7 Å². The zero-order valence-electron chi connectivity index (χ0n) is 17.7. The van der Waals surface area contributed by atoms with Gasteiger partial charge in [-0.1, -0.05) is 12.1 Å². The maximum Gasteiger partial charge on any atom is 0.262 e. The van der Waals surface area contributed by atoms with Crippen molar-refractivity contribution in [3.05, 3.63) is 88.2 Å². The number of hydrogen-bond acceptors (Lipinski definition) is 4. The van der Waals surface area contributed by atoms with Crippen molar-refractivity contribution < 1.29 is 22.4 Å². The van der Waals surface area contributed by atoms with Gasteiger partial charge in [-0.25, -0.2) is 12.8 Å². The lowest BCUT2D eigenvalue weighted by molar-refractivity contribution is 0.0995. The largest absolute Gasteiger partial charge is 0.366 e. The van der Waals surface area contributed by atoms with Crippen LogP contribution in [0.4, 0.5) is 15.8 Å². The summed E-state index contributed by atoms with van der Waals surface area (Å²) in [5, 5.41) is 2.54. The first-order valence-electron chi connectivity index (χ1n) is 9.59. The van der Waals surface area contributed by atoms with E-state index in [1.807, 2.05) is 6.07 Å². The molecule has 32 heavy (non-hydrogen) atoms. The number of carbonyl (C=O) groups is 2. The van der Waals surface area contributed by atoms with Crippen molar-refractivity contribution in [1.82, 2.24) is 0 Å². The highest BCUT2D eigenvalue weighted by molar-refractivity contribution is 7.92. The first-order valence-corrected chi connectivity index (χ1v) is 11.1. The van der Waals surface area contributed by atoms with Crippen LogP contribution in [-0.2, 0) is 10.0 Å². The quantitative estimate of drug-likeness (QED) is 0.522. The van der Waals surface area contributed by atoms with Crippen LogP contribution in [0.5, 0.6) is 0 Å². The molecule has 4 N–H and O–H groups in total. The van der Waals surface area contributed by atoms with Gasteiger partial charge in [-0.2, -0.15) is 0 Å². The van der Waals surface area contributed by atoms with Crippen molar-refractivity contribution in [3.8, 4) is 0 Å². The van der Waals surface area contributed by atoms with Gasteiger partial charge in [0, 0.05) is 28.1 Å². The summed E-state index contributed by atoms with van der Waals surface area (Å²) in [5.74, 6) is -2.05. The topological polar surface area (TPSA) is 118 Å². The molecule has 0 bridgehead atoms. The molecule has 3 rings (SSSR count). The van der Waals surface area contributed by atoms with Gasteiger partial charge in [-0.05, 0) is 74.4 Å². The molecule has 0 atom stereocenters. The molecule has 0 radical (unpaired) electrons. The minimum absolute atomic E-state index is 0.0698. The van der Waals surface area contributed by atoms with E-state index in [1.54, 1.807) is 26.0 Å². The Morgan fingerprint density at radius 3 is 2.19 bits per heavy atom. The molecule has 0 spiro atoms. The molecule has 0 aliphatic carbocycles. The molecule has 3 aromatic rings. The molecule has 0 aromatic heterocycles. The van der Waals surface area contributed by atoms with Crippen LogP contribution in [0.2, 0.25) is 0 Å². The summed E-state index contributed by atoms with van der Waals surface area (Å²) in [6.45, 7) is 4.97. The fourth-order valence-electron chi connectivity index (χ4n) is 3.04. The third-order valence-electron chi connectivity index (χ3n) is 4.91. The Balaban J connectivity index is 1.79. The smallest absolute Gasteiger partial charge is 0.262 e. The van der Waals surface area contributed by atoms with E-state index in [1.165, 1.54) is 37.3 Å². The predicted molar refractivity (Wildman–Crippen MR) is 121 cm³/mol. The second-order valence-corrected chi connectivity index (χ2v) is 9.05. The standard InChI is InChI=1S/C23H22FN3O4S/c1-13-4-5-14(2)21(10-13)32(30,31)27-18-8-6-16(7-9-18)23(29)26-20-12-17(22(25)28)11-19(24)15(20)3/h4-12,27H,1-3H3,(H2,25,28)(H,26,29). The molecule has 0 unspecified atom stereocenters. The number of benzene rings is 3. The Bertz CT molecular complexity index is 1320. The van der Waals surface area contributed by atoms with Crippen LogP contribution < -0.4 is 15.8 Å². The Morgan fingerprint density at radius 1 is 0.906 bits per heavy atom. The third-order valence-corrected chi connectivity index (χ3v) is 6.43. The van der Waals surface area contributed by atoms with Gasteiger partial charge >= 0.3 is 0 Å². The number of hydrogen-bond donors (Lipinski definition) is 3. The summed E-state index contributed by atoms with van der Waals surface area (Å²) >= 11 is 0. The van der Waals surface area contributed by atoms with E-state index >= 15 is 0 Å². The van der Waals surface area contributed by atoms with E-state index in [9.17, 15) is 22.4 Å². The van der Waals surface area contributed by atoms with Crippen LogP contribution in [0.1, 0.15) is 37.4 Å². The van der Waals surface area contributed by atoms with Gasteiger partial charge in [-0.15, -0.1) is 0 Å². The average molecular weight is 456 g/mol. The van der Waals surface area contributed by atoms with Crippen molar-refractivity contribution in [2.45, 2.75) is 25.7 Å². The van der Waals surface area contributed by atoms with E-state index in [-0.39, 0.29) is 33.0 Å². The molecular formula is C23H22FN3O4S. The first kappa shape index (κ1) is 23.0. The summed E-state index contributed by atoms with van der Waals surface area (Å²) in [7, 11) is -3.81. The number of rotatable bonds is 6. The molecule has 0 aliphatic heterocycles. The van der Waals surface area contributed by atoms with Crippen LogP contribution in [0.25, 0.3) is 0 Å². The number of carbonyl (C=O) groups excluding carboxylic acids is 2. The average Bonchev–Trinajstić information content (AvgIpc) is 2.73. The van der Waals surface area contributed by atoms with Crippen molar-refractivity contribution in [1.29, 1.82) is 0 Å². The fourth-order valence-corrected chi connectivity index (χ4v) is 4.43. The molecule has 2 amide bonds. The van der Waals surface area contributed by atoms with Crippen molar-refractivity contribution in [3.63, 3.8) is 0 Å². The van der Waals surface area contributed by atoms with Gasteiger partial charge in [0.25, 0.3) is 15.9 Å². The van der Waals surface area contributed by atoms with Gasteiger partial charge in [-0.3, -0.25) is 14.3 Å². The second kappa shape index (κ2) is 8.80. The highest BCUT2D eigenvalue weighted by Crippen LogP contribution is 2.23. The van der Waals surface area contributed by atoms with Gasteiger partial charge in [0.2, 0.25) is 5.91 Å². The number of nitrogens with two attached hydrogens (primary N) is 1. The van der Waals surface area contributed by atoms with Crippen LogP contribution in [0.15, 0.2) is 59.5 Å². The highest BCUT2D eigenvalue weighted by Gasteiger charge is 2.18. The Morgan fingerprint density at radius 2 is 1.56 bits per heavy atom. The number of sulfonamides is 1. The van der Waals surface area contributed by atoms with Crippen LogP contribution in [0, 0.1) is 26.6 Å². The predicted octanol–water partition coefficient (Wildman–Crippen LogP) is 3.90. The summed E-state index contributed by atoms with van der Waals surface area (Å²) in [4.78, 5) is 24.1. The number of aryl methyl sites for hydroxylation is 2. The number of nitrogens with one attached hydrogen (secondary N) is 2. The minimum Gasteiger partial charge on any atom is -0.366 e. The fraction of sp³-hybridized carbons (Fsp3) is 0.130. The van der Waals surface area contributed by atoms with Crippen LogP contribution >= 0.6 is 0 Å². The molecule has 0 saturated carbocycles. The molecule has 0 aliphatic rings. The monoisotopic (exact) mass is 455 g/mol. The SMILES string of the molecule is Cc1ccc(C)c(S(=O)(=O)Nc2ccc(C(=O)Nc3cc(C(N)=O)cc(F)c3C)cc2)c1. The molecule has 7 nitrogen and oxygen atoms in total. The Kier molecular flexibility index (Phi) is 6.31. The molecule has 166 valence electrons. The highest BCUT2D eigenvalue weighted by atomic mass is 32.2. The molecule has 0 fully saturated rings. The number of amides is 2. The maximum absolute atomic E-state index is 14.0. The Hall–Kier alpha value is -3.72. The zero-order valence-corrected chi connectivity index (χ0v) is 18.5. The minimum atomic E-state index is -3.81. The zero-order chi connectivity index (χ0) is 23.6. The number of halogens is 1. The molecule has 9 heteroatoms. The van der Waals surface area contributed by atoms with Gasteiger partial charge in [0.1, 0.15) is 5.82 Å². The van der Waals surface area contributed by atoms with Gasteiger partial charge < -0.3 is 11.1 Å². The van der Waals surface area contributed by atoms with Crippen LogP contribution in [0.3, 0.4) is 0 Å². The first-order chi connectivity index (χ1) is 15.0. The Labute approximate surface area is 185 Å². The summed E-state index contributed by atoms with van der Waals surface area (Å²) in [6, 6.07) is 13.2. The lowest BCUT2D eigenvalue weighted by atomic mass is 10.1. The summed E-state index contributed by atoms with van der Waals surface area (Å²) in [5.41, 5.74) is 7.31. The van der Waals surface area contributed by atoms with Gasteiger partial charge in [0.15, 0.2) is 0 Å². The van der Waals surface area contributed by atoms with E-state index in [0.717, 1.165) is 11.6 Å². The van der Waals surface area contributed by atoms with Crippen LogP contribution in [-0.4, -0.2) is 20.2 Å². The van der Waals surface area contributed by atoms with Gasteiger partial charge in [0.05, 0.1) is 4.90 Å². The molecule has 0 heterocycles. The van der Waals surface area contributed by atoms with Crippen molar-refractivity contribution in [2.24, 2.45) is 5.73 Å². The van der Waals surface area contributed by atoms with Crippen molar-refractivity contribution >= 4 is 33.2 Å². The summed E-state index contributed by atoms with van der Waals surface area (Å²) < 4.78 is 42.0. The normalized spacial score (nSPS) is 11.1. The van der Waals surface area contributed by atoms with E-state index in [2.05, 4.69) is 10.0 Å². The van der Waals surface area contributed by atoms with E-state index in [0.29, 0.717) is 5.56 Å². The lowest BCUT2D eigenvalue weighted by Gasteiger charge is -2.13. The molecule has 0 saturated heterocycles. The number of anilines is 2. The molecule has 3 aromatic carbocycles. The molecular weight excluding hydrogens is 433 g/mol. The van der Waals surface area contributed by atoms with Crippen molar-refractivity contribution in [2.75, 3.05) is 10.0 Å². The van der Waals surface area contributed by atoms with E-state index in [4.69, 9.17) is 5.73 Å². The lowest BCUT2D eigenvalue weighted by Crippen LogP contribution is -2.17. The second-order valence-electron chi connectivity index (χ2n) is 7.40.